The Kier molecular flexibility index (Phi) is 4.61. The van der Waals surface area contributed by atoms with Crippen molar-refractivity contribution in [2.24, 2.45) is 0 Å². The third kappa shape index (κ3) is 4.38. The predicted molar refractivity (Wildman–Crippen MR) is 77.1 cm³/mol. The van der Waals surface area contributed by atoms with Crippen LogP contribution in [-0.2, 0) is 11.2 Å². The number of nitrogens with one attached hydrogen (secondary N) is 1. The topological polar surface area (TPSA) is 92.2 Å². The van der Waals surface area contributed by atoms with E-state index in [0.29, 0.717) is 12.1 Å². The van der Waals surface area contributed by atoms with Gasteiger partial charge in [-0.3, -0.25) is 14.6 Å². The van der Waals surface area contributed by atoms with Gasteiger partial charge in [0, 0.05) is 18.3 Å². The fourth-order valence-electron chi connectivity index (χ4n) is 1.76. The molecule has 1 heterocycles. The summed E-state index contributed by atoms with van der Waals surface area (Å²) >= 11 is 0. The number of aryl methyl sites for hydroxylation is 2. The van der Waals surface area contributed by atoms with Crippen molar-refractivity contribution in [3.05, 3.63) is 53.6 Å². The molecule has 1 aromatic heterocycles. The monoisotopic (exact) mass is 285 g/mol. The Morgan fingerprint density at radius 3 is 2.71 bits per heavy atom. The molecule has 108 valence electrons. The van der Waals surface area contributed by atoms with Crippen LogP contribution in [0.15, 0.2) is 36.7 Å². The standard InChI is InChI=1S/C15H15N3O3/c1-10-8-17-13(9-16-10)15(21)18-12-4-2-3-11(7-12)5-6-14(19)20/h2-4,7-9H,5-6H2,1H3,(H,18,21)(H,19,20). The number of benzene rings is 1. The molecule has 2 rings (SSSR count). The highest BCUT2D eigenvalue weighted by molar-refractivity contribution is 6.02. The van der Waals surface area contributed by atoms with Gasteiger partial charge in [0.05, 0.1) is 11.9 Å². The first-order valence-electron chi connectivity index (χ1n) is 6.45. The van der Waals surface area contributed by atoms with Crippen molar-refractivity contribution in [1.29, 1.82) is 0 Å². The van der Waals surface area contributed by atoms with Crippen LogP contribution in [0.1, 0.15) is 28.2 Å². The third-order valence-corrected chi connectivity index (χ3v) is 2.83. The van der Waals surface area contributed by atoms with E-state index < -0.39 is 5.97 Å². The zero-order valence-corrected chi connectivity index (χ0v) is 11.5. The molecular formula is C15H15N3O3. The van der Waals surface area contributed by atoms with Gasteiger partial charge in [0.2, 0.25) is 0 Å². The number of amides is 1. The van der Waals surface area contributed by atoms with E-state index in [1.165, 1.54) is 12.4 Å². The van der Waals surface area contributed by atoms with Gasteiger partial charge in [0.1, 0.15) is 5.69 Å². The normalized spacial score (nSPS) is 10.1. The van der Waals surface area contributed by atoms with Gasteiger partial charge >= 0.3 is 5.97 Å². The first-order valence-corrected chi connectivity index (χ1v) is 6.45. The molecule has 6 heteroatoms. The molecule has 0 unspecified atom stereocenters. The quantitative estimate of drug-likeness (QED) is 0.877. The van der Waals surface area contributed by atoms with Crippen molar-refractivity contribution in [3.8, 4) is 0 Å². The lowest BCUT2D eigenvalue weighted by Gasteiger charge is -2.06. The number of carbonyl (C=O) groups is 2. The van der Waals surface area contributed by atoms with Crippen molar-refractivity contribution in [1.82, 2.24) is 9.97 Å². The molecule has 0 radical (unpaired) electrons. The van der Waals surface area contributed by atoms with Gasteiger partial charge in [-0.15, -0.1) is 0 Å². The second-order valence-corrected chi connectivity index (χ2v) is 4.59. The average molecular weight is 285 g/mol. The van der Waals surface area contributed by atoms with Crippen LogP contribution in [0.2, 0.25) is 0 Å². The minimum absolute atomic E-state index is 0.0564. The summed E-state index contributed by atoms with van der Waals surface area (Å²) in [5, 5.41) is 11.4. The molecule has 2 N–H and O–H groups in total. The number of rotatable bonds is 5. The Bertz CT molecular complexity index is 653. The Labute approximate surface area is 121 Å². The van der Waals surface area contributed by atoms with Crippen molar-refractivity contribution >= 4 is 17.6 Å². The van der Waals surface area contributed by atoms with Crippen LogP contribution in [0.5, 0.6) is 0 Å². The number of aromatic nitrogens is 2. The van der Waals surface area contributed by atoms with Crippen LogP contribution in [-0.4, -0.2) is 27.0 Å². The SMILES string of the molecule is Cc1cnc(C(=O)Nc2cccc(CCC(=O)O)c2)cn1. The summed E-state index contributed by atoms with van der Waals surface area (Å²) in [7, 11) is 0. The number of hydrogen-bond acceptors (Lipinski definition) is 4. The van der Waals surface area contributed by atoms with E-state index >= 15 is 0 Å². The molecular weight excluding hydrogens is 270 g/mol. The molecule has 1 amide bonds. The van der Waals surface area contributed by atoms with Crippen LogP contribution in [0.25, 0.3) is 0 Å². The van der Waals surface area contributed by atoms with E-state index in [9.17, 15) is 9.59 Å². The molecule has 21 heavy (non-hydrogen) atoms. The number of carboxylic acids is 1. The molecule has 0 aliphatic rings. The van der Waals surface area contributed by atoms with Crippen molar-refractivity contribution in [2.45, 2.75) is 19.8 Å². The molecule has 6 nitrogen and oxygen atoms in total. The summed E-state index contributed by atoms with van der Waals surface area (Å²) in [5.41, 5.74) is 2.43. The van der Waals surface area contributed by atoms with Crippen LogP contribution in [0.3, 0.4) is 0 Å². The Morgan fingerprint density at radius 1 is 1.24 bits per heavy atom. The largest absolute Gasteiger partial charge is 0.481 e. The maximum Gasteiger partial charge on any atom is 0.303 e. The molecule has 0 fully saturated rings. The lowest BCUT2D eigenvalue weighted by molar-refractivity contribution is -0.136. The Morgan fingerprint density at radius 2 is 2.05 bits per heavy atom. The van der Waals surface area contributed by atoms with Gasteiger partial charge in [-0.25, -0.2) is 4.98 Å². The summed E-state index contributed by atoms with van der Waals surface area (Å²) in [6.07, 6.45) is 3.42. The van der Waals surface area contributed by atoms with Gasteiger partial charge in [0.15, 0.2) is 0 Å². The molecule has 0 aliphatic carbocycles. The molecule has 0 bridgehead atoms. The number of aliphatic carboxylic acids is 1. The maximum atomic E-state index is 12.0. The highest BCUT2D eigenvalue weighted by Gasteiger charge is 2.08. The fourth-order valence-corrected chi connectivity index (χ4v) is 1.76. The van der Waals surface area contributed by atoms with E-state index in [0.717, 1.165) is 11.3 Å². The minimum Gasteiger partial charge on any atom is -0.481 e. The van der Waals surface area contributed by atoms with Crippen LogP contribution in [0, 0.1) is 6.92 Å². The van der Waals surface area contributed by atoms with E-state index in [1.54, 1.807) is 25.1 Å². The van der Waals surface area contributed by atoms with Crippen molar-refractivity contribution < 1.29 is 14.7 Å². The molecule has 0 saturated heterocycles. The van der Waals surface area contributed by atoms with E-state index in [4.69, 9.17) is 5.11 Å². The Hall–Kier alpha value is -2.76. The van der Waals surface area contributed by atoms with E-state index in [2.05, 4.69) is 15.3 Å². The summed E-state index contributed by atoms with van der Waals surface area (Å²) < 4.78 is 0. The average Bonchev–Trinajstić information content (AvgIpc) is 2.46. The number of nitrogens with zero attached hydrogens (tertiary/aromatic N) is 2. The summed E-state index contributed by atoms with van der Waals surface area (Å²) in [6, 6.07) is 7.09. The highest BCUT2D eigenvalue weighted by Crippen LogP contribution is 2.13. The number of carbonyl (C=O) groups excluding carboxylic acids is 1. The van der Waals surface area contributed by atoms with Crippen molar-refractivity contribution in [3.63, 3.8) is 0 Å². The first-order chi connectivity index (χ1) is 10.0. The van der Waals surface area contributed by atoms with Gasteiger partial charge in [-0.05, 0) is 31.0 Å². The van der Waals surface area contributed by atoms with Crippen molar-refractivity contribution in [2.75, 3.05) is 5.32 Å². The zero-order valence-electron chi connectivity index (χ0n) is 11.5. The summed E-state index contributed by atoms with van der Waals surface area (Å²) in [4.78, 5) is 30.6. The smallest absolute Gasteiger partial charge is 0.303 e. The third-order valence-electron chi connectivity index (χ3n) is 2.83. The molecule has 2 aromatic rings. The lowest BCUT2D eigenvalue weighted by Crippen LogP contribution is -2.14. The van der Waals surface area contributed by atoms with Gasteiger partial charge in [-0.1, -0.05) is 12.1 Å². The molecule has 0 saturated carbocycles. The van der Waals surface area contributed by atoms with E-state index in [1.807, 2.05) is 6.07 Å². The summed E-state index contributed by atoms with van der Waals surface area (Å²) in [6.45, 7) is 1.79. The molecule has 0 aliphatic heterocycles. The minimum atomic E-state index is -0.848. The second kappa shape index (κ2) is 6.60. The zero-order chi connectivity index (χ0) is 15.2. The number of hydrogen-bond donors (Lipinski definition) is 2. The molecule has 0 atom stereocenters. The van der Waals surface area contributed by atoms with Crippen LogP contribution < -0.4 is 5.32 Å². The van der Waals surface area contributed by atoms with E-state index in [-0.39, 0.29) is 18.0 Å². The first kappa shape index (κ1) is 14.6. The molecule has 1 aromatic carbocycles. The maximum absolute atomic E-state index is 12.0. The lowest BCUT2D eigenvalue weighted by atomic mass is 10.1. The Balaban J connectivity index is 2.05. The summed E-state index contributed by atoms with van der Waals surface area (Å²) in [5.74, 6) is -1.20. The van der Waals surface area contributed by atoms with Gasteiger partial charge in [-0.2, -0.15) is 0 Å². The number of anilines is 1. The highest BCUT2D eigenvalue weighted by atomic mass is 16.4. The van der Waals surface area contributed by atoms with Gasteiger partial charge < -0.3 is 10.4 Å². The van der Waals surface area contributed by atoms with Gasteiger partial charge in [0.25, 0.3) is 5.91 Å². The fraction of sp³-hybridized carbons (Fsp3) is 0.200. The predicted octanol–water partition coefficient (Wildman–Crippen LogP) is 2.05. The van der Waals surface area contributed by atoms with Crippen LogP contribution in [0.4, 0.5) is 5.69 Å². The van der Waals surface area contributed by atoms with Crippen LogP contribution >= 0.6 is 0 Å². The molecule has 0 spiro atoms. The number of carboxylic acid groups (broad SMARTS) is 1. The second-order valence-electron chi connectivity index (χ2n) is 4.59.